The van der Waals surface area contributed by atoms with E-state index in [0.29, 0.717) is 10.4 Å². The van der Waals surface area contributed by atoms with E-state index < -0.39 is 29.5 Å². The molecule has 0 aliphatic heterocycles. The van der Waals surface area contributed by atoms with E-state index in [1.165, 1.54) is 12.1 Å². The first kappa shape index (κ1) is 30.2. The number of hydrogen-bond acceptors (Lipinski definition) is 3. The Hall–Kier alpha value is -2.77. The minimum Gasteiger partial charge on any atom is -0.460 e. The molecular formula is C31H32Cl2F3NO3. The van der Waals surface area contributed by atoms with Crippen LogP contribution in [0, 0.1) is 11.8 Å². The number of nitrogens with one attached hydrogen (secondary N) is 1. The van der Waals surface area contributed by atoms with Crippen molar-refractivity contribution in [3.8, 4) is 0 Å². The van der Waals surface area contributed by atoms with Crippen molar-refractivity contribution in [3.05, 3.63) is 75.8 Å². The third-order valence-corrected chi connectivity index (χ3v) is 7.84. The van der Waals surface area contributed by atoms with Crippen LogP contribution in [0.5, 0.6) is 0 Å². The van der Waals surface area contributed by atoms with Crippen LogP contribution >= 0.6 is 23.2 Å². The van der Waals surface area contributed by atoms with Crippen LogP contribution in [0.3, 0.4) is 0 Å². The van der Waals surface area contributed by atoms with Crippen LogP contribution in [0.15, 0.2) is 54.6 Å². The zero-order valence-electron chi connectivity index (χ0n) is 22.7. The number of halogens is 5. The van der Waals surface area contributed by atoms with Gasteiger partial charge in [-0.15, -0.1) is 0 Å². The van der Waals surface area contributed by atoms with Crippen molar-refractivity contribution in [2.24, 2.45) is 11.8 Å². The number of alkyl halides is 3. The van der Waals surface area contributed by atoms with Gasteiger partial charge in [0.1, 0.15) is 5.60 Å². The second kappa shape index (κ2) is 11.6. The molecule has 3 aromatic rings. The SMILES string of the molecule is C[C@H](C(C(=O)Nc1cc([C@@H](CC(=O)OC(C)(C)C)C2CC2)ccc1Cl)c1ccc2cccc(Cl)c2c1)C(F)(F)F. The predicted molar refractivity (Wildman–Crippen MR) is 153 cm³/mol. The van der Waals surface area contributed by atoms with Gasteiger partial charge < -0.3 is 10.1 Å². The quantitative estimate of drug-likeness (QED) is 0.265. The molecule has 3 aromatic carbocycles. The number of amides is 1. The molecule has 0 radical (unpaired) electrons. The van der Waals surface area contributed by atoms with Crippen LogP contribution in [-0.2, 0) is 14.3 Å². The summed E-state index contributed by atoms with van der Waals surface area (Å²) in [7, 11) is 0. The third kappa shape index (κ3) is 7.29. The molecule has 214 valence electrons. The number of rotatable bonds is 8. The summed E-state index contributed by atoms with van der Waals surface area (Å²) in [5.41, 5.74) is 0.528. The lowest BCUT2D eigenvalue weighted by Crippen LogP contribution is -2.34. The van der Waals surface area contributed by atoms with Gasteiger partial charge in [0.2, 0.25) is 5.91 Å². The molecule has 1 aliphatic rings. The number of carbonyl (C=O) groups excluding carboxylic acids is 2. The van der Waals surface area contributed by atoms with Crippen molar-refractivity contribution in [1.29, 1.82) is 0 Å². The third-order valence-electron chi connectivity index (χ3n) is 7.18. The number of esters is 1. The predicted octanol–water partition coefficient (Wildman–Crippen LogP) is 9.29. The maximum absolute atomic E-state index is 14.0. The summed E-state index contributed by atoms with van der Waals surface area (Å²) < 4.78 is 47.5. The molecule has 9 heteroatoms. The molecule has 0 saturated heterocycles. The fourth-order valence-corrected chi connectivity index (χ4v) is 5.40. The Morgan fingerprint density at radius 2 is 1.65 bits per heavy atom. The van der Waals surface area contributed by atoms with Crippen LogP contribution < -0.4 is 5.32 Å². The van der Waals surface area contributed by atoms with Gasteiger partial charge in [-0.3, -0.25) is 9.59 Å². The molecule has 1 aliphatic carbocycles. The fourth-order valence-electron chi connectivity index (χ4n) is 5.00. The standard InChI is InChI=1S/C31H32Cl2F3NO3/c1-17(31(34,35)36)28(21-11-10-18-6-5-7-24(32)23(18)14-21)29(39)37-26-15-20(12-13-25(26)33)22(19-8-9-19)16-27(38)40-30(2,3)4/h5-7,10-15,17,19,22,28H,8-9,16H2,1-4H3,(H,37,39)/t17-,22+,28?/m1/s1. The molecule has 0 aromatic heterocycles. The van der Waals surface area contributed by atoms with Gasteiger partial charge in [0.05, 0.1) is 29.0 Å². The summed E-state index contributed by atoms with van der Waals surface area (Å²) in [6.45, 7) is 6.39. The highest BCUT2D eigenvalue weighted by molar-refractivity contribution is 6.35. The molecule has 1 unspecified atom stereocenters. The highest BCUT2D eigenvalue weighted by Gasteiger charge is 2.45. The van der Waals surface area contributed by atoms with Gasteiger partial charge in [0.15, 0.2) is 0 Å². The Morgan fingerprint density at radius 3 is 2.27 bits per heavy atom. The van der Waals surface area contributed by atoms with Crippen LogP contribution in [0.1, 0.15) is 69.9 Å². The second-order valence-corrected chi connectivity index (χ2v) is 12.3. The number of hydrogen-bond donors (Lipinski definition) is 1. The lowest BCUT2D eigenvalue weighted by Gasteiger charge is -2.27. The smallest absolute Gasteiger partial charge is 0.392 e. The Bertz CT molecular complexity index is 1410. The highest BCUT2D eigenvalue weighted by atomic mass is 35.5. The molecule has 1 saturated carbocycles. The van der Waals surface area contributed by atoms with Crippen molar-refractivity contribution < 1.29 is 27.5 Å². The average molecular weight is 595 g/mol. The van der Waals surface area contributed by atoms with E-state index in [-0.39, 0.29) is 40.5 Å². The highest BCUT2D eigenvalue weighted by Crippen LogP contribution is 2.46. The molecule has 0 spiro atoms. The van der Waals surface area contributed by atoms with Crippen molar-refractivity contribution >= 4 is 51.5 Å². The molecule has 1 amide bonds. The van der Waals surface area contributed by atoms with Gasteiger partial charge in [-0.05, 0) is 86.2 Å². The van der Waals surface area contributed by atoms with Crippen LogP contribution in [0.4, 0.5) is 18.9 Å². The van der Waals surface area contributed by atoms with Crippen LogP contribution in [0.2, 0.25) is 10.0 Å². The van der Waals surface area contributed by atoms with E-state index in [1.54, 1.807) is 63.2 Å². The Kier molecular flexibility index (Phi) is 8.77. The molecule has 4 nitrogen and oxygen atoms in total. The molecule has 0 heterocycles. The maximum Gasteiger partial charge on any atom is 0.392 e. The van der Waals surface area contributed by atoms with Gasteiger partial charge in [-0.25, -0.2) is 0 Å². The molecule has 3 atom stereocenters. The number of carbonyl (C=O) groups is 2. The zero-order valence-corrected chi connectivity index (χ0v) is 24.3. The Morgan fingerprint density at radius 1 is 0.975 bits per heavy atom. The van der Waals surface area contributed by atoms with Crippen molar-refractivity contribution in [2.45, 2.75) is 70.6 Å². The van der Waals surface area contributed by atoms with Gasteiger partial charge in [0.25, 0.3) is 0 Å². The number of anilines is 1. The monoisotopic (exact) mass is 593 g/mol. The lowest BCUT2D eigenvalue weighted by atomic mass is 9.84. The summed E-state index contributed by atoms with van der Waals surface area (Å²) in [4.78, 5) is 26.2. The van der Waals surface area contributed by atoms with Gasteiger partial charge in [0, 0.05) is 10.4 Å². The van der Waals surface area contributed by atoms with Gasteiger partial charge >= 0.3 is 12.1 Å². The summed E-state index contributed by atoms with van der Waals surface area (Å²) in [5.74, 6) is -4.60. The summed E-state index contributed by atoms with van der Waals surface area (Å²) >= 11 is 12.7. The Balaban J connectivity index is 1.65. The number of benzene rings is 3. The molecule has 0 bridgehead atoms. The van der Waals surface area contributed by atoms with E-state index in [1.807, 2.05) is 0 Å². The van der Waals surface area contributed by atoms with Crippen molar-refractivity contribution in [2.75, 3.05) is 5.32 Å². The van der Waals surface area contributed by atoms with E-state index in [4.69, 9.17) is 27.9 Å². The zero-order chi connectivity index (χ0) is 29.4. The summed E-state index contributed by atoms with van der Waals surface area (Å²) in [5, 5.41) is 4.52. The topological polar surface area (TPSA) is 55.4 Å². The summed E-state index contributed by atoms with van der Waals surface area (Å²) in [6.07, 6.45) is -2.57. The van der Waals surface area contributed by atoms with E-state index in [0.717, 1.165) is 30.7 Å². The first-order valence-corrected chi connectivity index (χ1v) is 14.0. The van der Waals surface area contributed by atoms with Gasteiger partial charge in [-0.2, -0.15) is 13.2 Å². The van der Waals surface area contributed by atoms with E-state index in [2.05, 4.69) is 5.32 Å². The summed E-state index contributed by atoms with van der Waals surface area (Å²) in [6, 6.07) is 14.9. The first-order chi connectivity index (χ1) is 18.6. The first-order valence-electron chi connectivity index (χ1n) is 13.2. The minimum absolute atomic E-state index is 0.155. The minimum atomic E-state index is -4.63. The Labute approximate surface area is 242 Å². The van der Waals surface area contributed by atoms with Crippen LogP contribution in [-0.4, -0.2) is 23.7 Å². The second-order valence-electron chi connectivity index (χ2n) is 11.5. The van der Waals surface area contributed by atoms with Crippen LogP contribution in [0.25, 0.3) is 10.8 Å². The van der Waals surface area contributed by atoms with Crippen molar-refractivity contribution in [3.63, 3.8) is 0 Å². The molecule has 40 heavy (non-hydrogen) atoms. The fraction of sp³-hybridized carbons (Fsp3) is 0.419. The van der Waals surface area contributed by atoms with E-state index in [9.17, 15) is 22.8 Å². The number of fused-ring (bicyclic) bond motifs is 1. The average Bonchev–Trinajstić information content (AvgIpc) is 3.68. The van der Waals surface area contributed by atoms with Crippen molar-refractivity contribution in [1.82, 2.24) is 0 Å². The molecule has 1 N–H and O–H groups in total. The molecule has 1 fully saturated rings. The molecule has 4 rings (SSSR count). The van der Waals surface area contributed by atoms with E-state index >= 15 is 0 Å². The normalized spacial score (nSPS) is 16.3. The number of ether oxygens (including phenoxy) is 1. The lowest BCUT2D eigenvalue weighted by molar-refractivity contribution is -0.178. The largest absolute Gasteiger partial charge is 0.460 e. The maximum atomic E-state index is 14.0. The van der Waals surface area contributed by atoms with Gasteiger partial charge in [-0.1, -0.05) is 60.5 Å². The molecular weight excluding hydrogens is 562 g/mol.